The average molecular weight is 352 g/mol. The lowest BCUT2D eigenvalue weighted by atomic mass is 10.1. The summed E-state index contributed by atoms with van der Waals surface area (Å²) in [6.07, 6.45) is 0. The van der Waals surface area contributed by atoms with Crippen LogP contribution in [0.3, 0.4) is 0 Å². The zero-order valence-electron chi connectivity index (χ0n) is 14.5. The van der Waals surface area contributed by atoms with E-state index in [4.69, 9.17) is 5.26 Å². The molecule has 0 saturated heterocycles. The fourth-order valence-electron chi connectivity index (χ4n) is 2.97. The third kappa shape index (κ3) is 3.42. The van der Waals surface area contributed by atoms with Gasteiger partial charge in [0.2, 0.25) is 5.95 Å². The Morgan fingerprint density at radius 3 is 2.41 bits per heavy atom. The van der Waals surface area contributed by atoms with Crippen LogP contribution in [-0.4, -0.2) is 15.5 Å². The number of rotatable bonds is 4. The molecule has 0 spiro atoms. The summed E-state index contributed by atoms with van der Waals surface area (Å²) in [4.78, 5) is 17.2. The van der Waals surface area contributed by atoms with Crippen LogP contribution in [0, 0.1) is 11.3 Å². The fraction of sp³-hybridized carbons (Fsp3) is 0.0455. The van der Waals surface area contributed by atoms with Crippen molar-refractivity contribution >= 4 is 22.9 Å². The van der Waals surface area contributed by atoms with Gasteiger partial charge in [-0.2, -0.15) is 5.26 Å². The van der Waals surface area contributed by atoms with Crippen molar-refractivity contribution in [3.8, 4) is 6.07 Å². The van der Waals surface area contributed by atoms with Crippen molar-refractivity contribution in [2.24, 2.45) is 0 Å². The van der Waals surface area contributed by atoms with Gasteiger partial charge < -0.3 is 4.57 Å². The first-order valence-corrected chi connectivity index (χ1v) is 8.55. The van der Waals surface area contributed by atoms with Gasteiger partial charge in [-0.1, -0.05) is 42.5 Å². The number of anilines is 1. The van der Waals surface area contributed by atoms with Crippen LogP contribution in [0.15, 0.2) is 78.9 Å². The Labute approximate surface area is 156 Å². The van der Waals surface area contributed by atoms with Crippen LogP contribution in [0.25, 0.3) is 11.0 Å². The monoisotopic (exact) mass is 352 g/mol. The first kappa shape index (κ1) is 16.6. The van der Waals surface area contributed by atoms with Gasteiger partial charge in [-0.05, 0) is 42.0 Å². The van der Waals surface area contributed by atoms with Crippen molar-refractivity contribution in [3.05, 3.63) is 95.6 Å². The van der Waals surface area contributed by atoms with E-state index in [-0.39, 0.29) is 5.91 Å². The lowest BCUT2D eigenvalue weighted by molar-refractivity contribution is 0.102. The first-order valence-electron chi connectivity index (χ1n) is 8.55. The molecule has 0 aliphatic heterocycles. The Bertz CT molecular complexity index is 1140. The number of hydrogen-bond acceptors (Lipinski definition) is 3. The van der Waals surface area contributed by atoms with Crippen LogP contribution in [0.2, 0.25) is 0 Å². The SMILES string of the molecule is N#Cc1ccc(C(=O)Nc2nc3ccccc3n2Cc2ccccc2)cc1. The van der Waals surface area contributed by atoms with Crippen molar-refractivity contribution in [2.75, 3.05) is 5.32 Å². The number of imidazole rings is 1. The Morgan fingerprint density at radius 2 is 1.67 bits per heavy atom. The molecular weight excluding hydrogens is 336 g/mol. The van der Waals surface area contributed by atoms with E-state index in [0.29, 0.717) is 23.6 Å². The van der Waals surface area contributed by atoms with Crippen LogP contribution in [0.5, 0.6) is 0 Å². The van der Waals surface area contributed by atoms with E-state index in [0.717, 1.165) is 16.6 Å². The zero-order valence-corrected chi connectivity index (χ0v) is 14.5. The highest BCUT2D eigenvalue weighted by Gasteiger charge is 2.14. The van der Waals surface area contributed by atoms with Gasteiger partial charge in [-0.3, -0.25) is 10.1 Å². The molecule has 27 heavy (non-hydrogen) atoms. The van der Waals surface area contributed by atoms with Gasteiger partial charge in [0.25, 0.3) is 5.91 Å². The van der Waals surface area contributed by atoms with Crippen LogP contribution >= 0.6 is 0 Å². The number of nitrogens with zero attached hydrogens (tertiary/aromatic N) is 3. The minimum absolute atomic E-state index is 0.260. The molecule has 3 aromatic carbocycles. The average Bonchev–Trinajstić information content (AvgIpc) is 3.06. The smallest absolute Gasteiger partial charge is 0.257 e. The molecule has 0 aliphatic rings. The number of carbonyl (C=O) groups is 1. The van der Waals surface area contributed by atoms with Crippen molar-refractivity contribution < 1.29 is 4.79 Å². The Morgan fingerprint density at radius 1 is 0.963 bits per heavy atom. The summed E-state index contributed by atoms with van der Waals surface area (Å²) < 4.78 is 1.99. The van der Waals surface area contributed by atoms with Crippen molar-refractivity contribution in [1.82, 2.24) is 9.55 Å². The van der Waals surface area contributed by atoms with Crippen LogP contribution < -0.4 is 5.32 Å². The number of para-hydroxylation sites is 2. The summed E-state index contributed by atoms with van der Waals surface area (Å²) in [7, 11) is 0. The van der Waals surface area contributed by atoms with Crippen molar-refractivity contribution in [1.29, 1.82) is 5.26 Å². The van der Waals surface area contributed by atoms with E-state index < -0.39 is 0 Å². The first-order chi connectivity index (χ1) is 13.2. The molecular formula is C22H16N4O. The molecule has 1 N–H and O–H groups in total. The van der Waals surface area contributed by atoms with E-state index in [1.54, 1.807) is 24.3 Å². The second-order valence-electron chi connectivity index (χ2n) is 6.14. The lowest BCUT2D eigenvalue weighted by Gasteiger charge is -2.10. The van der Waals surface area contributed by atoms with E-state index in [9.17, 15) is 4.79 Å². The molecule has 0 unspecified atom stereocenters. The number of fused-ring (bicyclic) bond motifs is 1. The highest BCUT2D eigenvalue weighted by molar-refractivity contribution is 6.04. The summed E-state index contributed by atoms with van der Waals surface area (Å²) >= 11 is 0. The molecule has 1 amide bonds. The third-order valence-corrected chi connectivity index (χ3v) is 4.34. The Kier molecular flexibility index (Phi) is 4.38. The largest absolute Gasteiger partial charge is 0.305 e. The maximum absolute atomic E-state index is 12.6. The highest BCUT2D eigenvalue weighted by atomic mass is 16.1. The van der Waals surface area contributed by atoms with Gasteiger partial charge in [0.1, 0.15) is 0 Å². The molecule has 0 fully saturated rings. The zero-order chi connectivity index (χ0) is 18.6. The summed E-state index contributed by atoms with van der Waals surface area (Å²) in [5, 5.41) is 11.8. The fourth-order valence-corrected chi connectivity index (χ4v) is 2.97. The molecule has 5 nitrogen and oxygen atoms in total. The molecule has 1 aromatic heterocycles. The second kappa shape index (κ2) is 7.14. The molecule has 4 aromatic rings. The van der Waals surface area contributed by atoms with Crippen LogP contribution in [0.4, 0.5) is 5.95 Å². The van der Waals surface area contributed by atoms with E-state index in [2.05, 4.69) is 10.3 Å². The molecule has 0 radical (unpaired) electrons. The molecule has 4 rings (SSSR count). The minimum Gasteiger partial charge on any atom is -0.305 e. The summed E-state index contributed by atoms with van der Waals surface area (Å²) in [5.74, 6) is 0.235. The number of aromatic nitrogens is 2. The summed E-state index contributed by atoms with van der Waals surface area (Å²) in [6, 6.07) is 26.4. The van der Waals surface area contributed by atoms with Crippen molar-refractivity contribution in [3.63, 3.8) is 0 Å². The standard InChI is InChI=1S/C22H16N4O/c23-14-16-10-12-18(13-11-16)21(27)25-22-24-19-8-4-5-9-20(19)26(22)15-17-6-2-1-3-7-17/h1-13H,15H2,(H,24,25,27). The van der Waals surface area contributed by atoms with Gasteiger partial charge in [0, 0.05) is 5.56 Å². The number of nitriles is 1. The molecule has 0 bridgehead atoms. The van der Waals surface area contributed by atoms with Gasteiger partial charge >= 0.3 is 0 Å². The van der Waals surface area contributed by atoms with E-state index in [1.165, 1.54) is 0 Å². The topological polar surface area (TPSA) is 70.7 Å². The predicted molar refractivity (Wildman–Crippen MR) is 104 cm³/mol. The number of carbonyl (C=O) groups excluding carboxylic acids is 1. The van der Waals surface area contributed by atoms with Crippen LogP contribution in [0.1, 0.15) is 21.5 Å². The van der Waals surface area contributed by atoms with Gasteiger partial charge in [0.05, 0.1) is 29.2 Å². The normalized spacial score (nSPS) is 10.5. The minimum atomic E-state index is -0.260. The lowest BCUT2D eigenvalue weighted by Crippen LogP contribution is -2.16. The highest BCUT2D eigenvalue weighted by Crippen LogP contribution is 2.22. The second-order valence-corrected chi connectivity index (χ2v) is 6.14. The number of amides is 1. The van der Waals surface area contributed by atoms with Crippen molar-refractivity contribution in [2.45, 2.75) is 6.54 Å². The predicted octanol–water partition coefficient (Wildman–Crippen LogP) is 4.21. The van der Waals surface area contributed by atoms with E-state index >= 15 is 0 Å². The quantitative estimate of drug-likeness (QED) is 0.598. The number of benzene rings is 3. The Balaban J connectivity index is 1.69. The molecule has 0 atom stereocenters. The molecule has 5 heteroatoms. The van der Waals surface area contributed by atoms with E-state index in [1.807, 2.05) is 65.2 Å². The van der Waals surface area contributed by atoms with Gasteiger partial charge in [-0.25, -0.2) is 4.98 Å². The summed E-state index contributed by atoms with van der Waals surface area (Å²) in [5.41, 5.74) is 3.89. The molecule has 130 valence electrons. The number of hydrogen-bond donors (Lipinski definition) is 1. The molecule has 0 aliphatic carbocycles. The maximum atomic E-state index is 12.6. The van der Waals surface area contributed by atoms with Gasteiger partial charge in [0.15, 0.2) is 0 Å². The molecule has 1 heterocycles. The van der Waals surface area contributed by atoms with Crippen LogP contribution in [-0.2, 0) is 6.54 Å². The third-order valence-electron chi connectivity index (χ3n) is 4.34. The number of nitrogens with one attached hydrogen (secondary N) is 1. The molecule has 0 saturated carbocycles. The maximum Gasteiger partial charge on any atom is 0.257 e. The van der Waals surface area contributed by atoms with Gasteiger partial charge in [-0.15, -0.1) is 0 Å². The summed E-state index contributed by atoms with van der Waals surface area (Å²) in [6.45, 7) is 0.602. The Hall–Kier alpha value is -3.91.